The fourth-order valence-electron chi connectivity index (χ4n) is 5.34. The maximum atomic E-state index is 13.7. The third kappa shape index (κ3) is 7.46. The average Bonchev–Trinajstić information content (AvgIpc) is 3.38. The Bertz CT molecular complexity index is 1400. The van der Waals surface area contributed by atoms with Gasteiger partial charge in [0, 0.05) is 24.2 Å². The molecule has 3 amide bonds. The van der Waals surface area contributed by atoms with Crippen molar-refractivity contribution in [2.45, 2.75) is 71.6 Å². The van der Waals surface area contributed by atoms with Gasteiger partial charge in [0.1, 0.15) is 10.9 Å². The van der Waals surface area contributed by atoms with Crippen molar-refractivity contribution in [2.24, 2.45) is 0 Å². The predicted octanol–water partition coefficient (Wildman–Crippen LogP) is 6.46. The highest BCUT2D eigenvalue weighted by Gasteiger charge is 2.42. The number of carboxylic acid groups (broad SMARTS) is 1. The van der Waals surface area contributed by atoms with E-state index in [0.717, 1.165) is 79.9 Å². The number of aliphatic carboxylic acids is 1. The number of thiocarbonyl (C=S) groups is 1. The van der Waals surface area contributed by atoms with Gasteiger partial charge in [-0.05, 0) is 43.9 Å². The van der Waals surface area contributed by atoms with Crippen LogP contribution in [0.5, 0.6) is 0 Å². The Labute approximate surface area is 256 Å². The number of hydrogen-bond donors (Lipinski definition) is 2. The highest BCUT2D eigenvalue weighted by atomic mass is 32.2. The quantitative estimate of drug-likeness (QED) is 0.144. The zero-order chi connectivity index (χ0) is 30.2. The van der Waals surface area contributed by atoms with E-state index in [1.54, 1.807) is 17.0 Å². The third-order valence-electron chi connectivity index (χ3n) is 7.57. The van der Waals surface area contributed by atoms with Gasteiger partial charge in [0.15, 0.2) is 0 Å². The van der Waals surface area contributed by atoms with Crippen LogP contribution in [0.15, 0.2) is 47.4 Å². The maximum Gasteiger partial charge on any atom is 0.303 e. The molecular weight excluding hydrogens is 571 g/mol. The summed E-state index contributed by atoms with van der Waals surface area (Å²) >= 11 is 6.70. The van der Waals surface area contributed by atoms with Gasteiger partial charge >= 0.3 is 5.97 Å². The van der Waals surface area contributed by atoms with Gasteiger partial charge in [-0.25, -0.2) is 0 Å². The largest absolute Gasteiger partial charge is 0.481 e. The number of unbranched alkanes of at least 4 members (excludes halogenated alkanes) is 7. The van der Waals surface area contributed by atoms with Crippen molar-refractivity contribution >= 4 is 68.9 Å². The minimum atomic E-state index is -0.739. The molecule has 0 radical (unpaired) electrons. The molecule has 0 unspecified atom stereocenters. The summed E-state index contributed by atoms with van der Waals surface area (Å²) in [5.41, 5.74) is 4.14. The summed E-state index contributed by atoms with van der Waals surface area (Å²) in [5, 5.41) is 11.7. The molecule has 0 saturated carbocycles. The first-order valence-electron chi connectivity index (χ1n) is 14.5. The molecule has 0 aromatic heterocycles. The van der Waals surface area contributed by atoms with E-state index < -0.39 is 5.97 Å². The van der Waals surface area contributed by atoms with E-state index in [2.05, 4.69) is 5.32 Å². The Kier molecular flexibility index (Phi) is 10.9. The Hall–Kier alpha value is -3.50. The Balaban J connectivity index is 1.36. The van der Waals surface area contributed by atoms with Gasteiger partial charge in [0.05, 0.1) is 16.2 Å². The van der Waals surface area contributed by atoms with Crippen LogP contribution >= 0.6 is 24.0 Å². The van der Waals surface area contributed by atoms with Crippen LogP contribution in [-0.2, 0) is 19.2 Å². The fraction of sp³-hybridized carbons (Fsp3) is 0.406. The van der Waals surface area contributed by atoms with Crippen molar-refractivity contribution < 1.29 is 24.3 Å². The number of carbonyl (C=O) groups is 4. The molecule has 2 aliphatic rings. The molecule has 1 saturated heterocycles. The summed E-state index contributed by atoms with van der Waals surface area (Å²) in [4.78, 5) is 54.2. The number of rotatable bonds is 14. The minimum absolute atomic E-state index is 0.174. The molecule has 222 valence electrons. The van der Waals surface area contributed by atoms with Crippen molar-refractivity contribution in [3.8, 4) is 0 Å². The molecule has 8 nitrogen and oxygen atoms in total. The highest BCUT2D eigenvalue weighted by Crippen LogP contribution is 2.44. The number of para-hydroxylation sites is 2. The zero-order valence-corrected chi connectivity index (χ0v) is 25.7. The minimum Gasteiger partial charge on any atom is -0.481 e. The summed E-state index contributed by atoms with van der Waals surface area (Å²) < 4.78 is 0.442. The lowest BCUT2D eigenvalue weighted by Gasteiger charge is -2.18. The Morgan fingerprint density at radius 2 is 1.45 bits per heavy atom. The number of aryl methyl sites for hydroxylation is 2. The topological polar surface area (TPSA) is 107 Å². The lowest BCUT2D eigenvalue weighted by atomic mass is 10.1. The van der Waals surface area contributed by atoms with Crippen molar-refractivity contribution in [2.75, 3.05) is 23.3 Å². The van der Waals surface area contributed by atoms with E-state index in [9.17, 15) is 19.2 Å². The summed E-state index contributed by atoms with van der Waals surface area (Å²) in [6.45, 7) is 4.17. The molecule has 2 N–H and O–H groups in total. The second-order valence-electron chi connectivity index (χ2n) is 10.7. The van der Waals surface area contributed by atoms with Gasteiger partial charge in [0.25, 0.3) is 11.8 Å². The van der Waals surface area contributed by atoms with Crippen LogP contribution in [0, 0.1) is 13.8 Å². The molecule has 0 atom stereocenters. The Morgan fingerprint density at radius 1 is 0.833 bits per heavy atom. The first-order valence-corrected chi connectivity index (χ1v) is 15.7. The van der Waals surface area contributed by atoms with Crippen LogP contribution in [0.2, 0.25) is 0 Å². The Morgan fingerprint density at radius 3 is 2.12 bits per heavy atom. The van der Waals surface area contributed by atoms with Crippen LogP contribution in [0.4, 0.5) is 11.4 Å². The van der Waals surface area contributed by atoms with Crippen LogP contribution < -0.4 is 10.2 Å². The van der Waals surface area contributed by atoms with E-state index in [1.165, 1.54) is 4.90 Å². The number of thioether (sulfide) groups is 1. The number of benzene rings is 2. The van der Waals surface area contributed by atoms with Gasteiger partial charge in [-0.1, -0.05) is 98.9 Å². The van der Waals surface area contributed by atoms with E-state index in [0.29, 0.717) is 32.6 Å². The van der Waals surface area contributed by atoms with Gasteiger partial charge in [-0.15, -0.1) is 0 Å². The molecule has 10 heteroatoms. The fourth-order valence-corrected chi connectivity index (χ4v) is 6.72. The second-order valence-corrected chi connectivity index (χ2v) is 12.4. The predicted molar refractivity (Wildman–Crippen MR) is 171 cm³/mol. The van der Waals surface area contributed by atoms with Crippen LogP contribution in [0.25, 0.3) is 5.57 Å². The van der Waals surface area contributed by atoms with Gasteiger partial charge in [0.2, 0.25) is 5.91 Å². The molecule has 4 rings (SSSR count). The van der Waals surface area contributed by atoms with Crippen molar-refractivity contribution in [3.63, 3.8) is 0 Å². The molecular formula is C32H37N3O5S2. The number of hydrogen-bond acceptors (Lipinski definition) is 6. The molecule has 0 bridgehead atoms. The van der Waals surface area contributed by atoms with E-state index in [1.807, 2.05) is 44.2 Å². The number of carboxylic acids is 1. The lowest BCUT2D eigenvalue weighted by Crippen LogP contribution is -2.36. The van der Waals surface area contributed by atoms with Gasteiger partial charge in [-0.2, -0.15) is 0 Å². The average molecular weight is 608 g/mol. The number of nitrogens with zero attached hydrogens (tertiary/aromatic N) is 2. The molecule has 1 fully saturated rings. The monoisotopic (exact) mass is 607 g/mol. The normalized spacial score (nSPS) is 16.4. The van der Waals surface area contributed by atoms with Gasteiger partial charge < -0.3 is 10.4 Å². The molecule has 2 aromatic rings. The van der Waals surface area contributed by atoms with Crippen molar-refractivity contribution in [1.82, 2.24) is 4.90 Å². The number of fused-ring (bicyclic) bond motifs is 1. The van der Waals surface area contributed by atoms with Crippen LogP contribution in [-0.4, -0.2) is 51.1 Å². The second kappa shape index (κ2) is 14.6. The van der Waals surface area contributed by atoms with Gasteiger partial charge in [-0.3, -0.25) is 29.0 Å². The van der Waals surface area contributed by atoms with Crippen molar-refractivity contribution in [1.29, 1.82) is 0 Å². The molecule has 2 aromatic carbocycles. The smallest absolute Gasteiger partial charge is 0.303 e. The van der Waals surface area contributed by atoms with Crippen LogP contribution in [0.1, 0.15) is 74.5 Å². The molecule has 42 heavy (non-hydrogen) atoms. The number of anilines is 2. The molecule has 0 spiro atoms. The maximum absolute atomic E-state index is 13.7. The standard InChI is InChI=1S/C32H37N3O5S2/c1-21-14-13-15-22(2)28(21)33-25(36)20-35-24-17-11-10-16-23(24)27(30(35)39)29-31(40)34(32(41)42-29)19-12-8-6-4-3-5-7-9-18-26(37)38/h10-11,13-17H,3-9,12,18-20H2,1-2H3,(H,33,36)(H,37,38)/b29-27-. The zero-order valence-electron chi connectivity index (χ0n) is 24.1. The summed E-state index contributed by atoms with van der Waals surface area (Å²) in [6, 6.07) is 13.0. The van der Waals surface area contributed by atoms with E-state index in [-0.39, 0.29) is 30.7 Å². The number of nitrogens with one attached hydrogen (secondary N) is 1. The number of amides is 3. The number of carbonyl (C=O) groups excluding carboxylic acids is 3. The first-order chi connectivity index (χ1) is 20.2. The van der Waals surface area contributed by atoms with Crippen LogP contribution in [0.3, 0.4) is 0 Å². The molecule has 0 aliphatic carbocycles. The SMILES string of the molecule is Cc1cccc(C)c1NC(=O)CN1C(=O)/C(=C2\SC(=S)N(CCCCCCCCCCC(=O)O)C2=O)c2ccccc21. The summed E-state index contributed by atoms with van der Waals surface area (Å²) in [5.74, 6) is -1.69. The first kappa shape index (κ1) is 31.4. The highest BCUT2D eigenvalue weighted by molar-refractivity contribution is 8.26. The van der Waals surface area contributed by atoms with Crippen molar-refractivity contribution in [3.05, 3.63) is 64.1 Å². The summed E-state index contributed by atoms with van der Waals surface area (Å²) in [7, 11) is 0. The van der Waals surface area contributed by atoms with E-state index in [4.69, 9.17) is 17.3 Å². The third-order valence-corrected chi connectivity index (χ3v) is 9.02. The lowest BCUT2D eigenvalue weighted by molar-refractivity contribution is -0.137. The molecule has 2 heterocycles. The molecule has 2 aliphatic heterocycles. The van der Waals surface area contributed by atoms with E-state index >= 15 is 0 Å². The summed E-state index contributed by atoms with van der Waals surface area (Å²) in [6.07, 6.45) is 7.90.